The van der Waals surface area contributed by atoms with Crippen LogP contribution in [0.1, 0.15) is 30.1 Å². The Morgan fingerprint density at radius 2 is 2.05 bits per heavy atom. The Morgan fingerprint density at radius 1 is 1.26 bits per heavy atom. The number of nitrogens with zero attached hydrogens (tertiary/aromatic N) is 2. The first-order chi connectivity index (χ1) is 18.8. The number of fused-ring (bicyclic) bond motifs is 1. The van der Waals surface area contributed by atoms with Crippen LogP contribution in [-0.2, 0) is 4.79 Å². The molecule has 1 aliphatic heterocycles. The Morgan fingerprint density at radius 3 is 2.79 bits per heavy atom. The van der Waals surface area contributed by atoms with Gasteiger partial charge in [0.2, 0.25) is 0 Å². The highest BCUT2D eigenvalue weighted by molar-refractivity contribution is 9.10. The molecule has 1 fully saturated rings. The first kappa shape index (κ1) is 26.9. The minimum Gasteiger partial charge on any atom is -0.387 e. The predicted molar refractivity (Wildman–Crippen MR) is 154 cm³/mol. The molecule has 9 nitrogen and oxygen atoms in total. The Balaban J connectivity index is 1.37. The average Bonchev–Trinajstić information content (AvgIpc) is 3.36. The highest BCUT2D eigenvalue weighted by Crippen LogP contribution is 2.30. The number of pyridine rings is 1. The molecule has 2 aromatic carbocycles. The number of anilines is 2. The molecular weight excluding hydrogens is 567 g/mol. The van der Waals surface area contributed by atoms with Crippen molar-refractivity contribution in [3.63, 3.8) is 0 Å². The molecule has 204 valence electrons. The van der Waals surface area contributed by atoms with Crippen molar-refractivity contribution in [2.24, 2.45) is 0 Å². The van der Waals surface area contributed by atoms with E-state index < -0.39 is 18.7 Å². The van der Waals surface area contributed by atoms with Gasteiger partial charge in [-0.15, -0.1) is 0 Å². The van der Waals surface area contributed by atoms with Gasteiger partial charge < -0.3 is 30.6 Å². The standard InChI is InChI=1S/C28H30BrFN6O3/c1-16-11-20(36-9-6-19(7-10-36)33-24(38)14-30)13-22-26(16)35-27(34-22)25-21(5-8-31-28(25)39)32-15-23(37)17-3-2-4-18(29)12-17/h2-5,8,11-13,19,23,37H,6-7,9-10,14-15H2,1H3,(H,33,38)(H,34,35)(H2,31,32,39)/t23-/m1/s1. The number of alkyl halides is 1. The molecule has 2 aromatic heterocycles. The molecule has 1 atom stereocenters. The number of aliphatic hydroxyl groups is 1. The molecule has 1 saturated heterocycles. The number of aromatic nitrogens is 3. The van der Waals surface area contributed by atoms with Crippen LogP contribution < -0.4 is 21.1 Å². The number of aromatic amines is 2. The lowest BCUT2D eigenvalue weighted by Gasteiger charge is -2.34. The van der Waals surface area contributed by atoms with Crippen molar-refractivity contribution >= 4 is 44.2 Å². The summed E-state index contributed by atoms with van der Waals surface area (Å²) >= 11 is 3.42. The lowest BCUT2D eigenvalue weighted by Crippen LogP contribution is -2.45. The van der Waals surface area contributed by atoms with E-state index in [4.69, 9.17) is 4.98 Å². The number of H-pyrrole nitrogens is 2. The molecule has 0 bridgehead atoms. The minimum absolute atomic E-state index is 0.0225. The van der Waals surface area contributed by atoms with Crippen molar-refractivity contribution < 1.29 is 14.3 Å². The highest BCUT2D eigenvalue weighted by Gasteiger charge is 2.22. The van der Waals surface area contributed by atoms with Gasteiger partial charge in [-0.25, -0.2) is 9.37 Å². The van der Waals surface area contributed by atoms with Crippen molar-refractivity contribution in [1.82, 2.24) is 20.3 Å². The minimum atomic E-state index is -0.995. The van der Waals surface area contributed by atoms with E-state index in [0.717, 1.165) is 58.3 Å². The number of hydrogen-bond donors (Lipinski definition) is 5. The molecule has 0 saturated carbocycles. The van der Waals surface area contributed by atoms with Crippen molar-refractivity contribution in [3.8, 4) is 11.4 Å². The third kappa shape index (κ3) is 5.99. The quantitative estimate of drug-likeness (QED) is 0.208. The van der Waals surface area contributed by atoms with E-state index >= 15 is 0 Å². The SMILES string of the molecule is Cc1cc(N2CCC(NC(=O)CF)CC2)cc2[nH]c(-c3c(NC[C@@H](O)c4cccc(Br)c4)cc[nH]c3=O)nc12. The van der Waals surface area contributed by atoms with Gasteiger partial charge in [-0.1, -0.05) is 28.1 Å². The highest BCUT2D eigenvalue weighted by atomic mass is 79.9. The van der Waals surface area contributed by atoms with E-state index in [0.29, 0.717) is 17.1 Å². The van der Waals surface area contributed by atoms with Gasteiger partial charge in [0.05, 0.1) is 22.8 Å². The van der Waals surface area contributed by atoms with Crippen LogP contribution in [0, 0.1) is 6.92 Å². The number of hydrogen-bond acceptors (Lipinski definition) is 6. The largest absolute Gasteiger partial charge is 0.387 e. The second-order valence-electron chi connectivity index (χ2n) is 9.75. The number of halogens is 2. The van der Waals surface area contributed by atoms with Crippen LogP contribution in [0.2, 0.25) is 0 Å². The molecule has 39 heavy (non-hydrogen) atoms. The summed E-state index contributed by atoms with van der Waals surface area (Å²) in [6.07, 6.45) is 2.25. The van der Waals surface area contributed by atoms with Gasteiger partial charge >= 0.3 is 0 Å². The maximum absolute atomic E-state index is 12.9. The van der Waals surface area contributed by atoms with E-state index in [1.54, 1.807) is 12.3 Å². The van der Waals surface area contributed by atoms with Crippen LogP contribution in [0.5, 0.6) is 0 Å². The van der Waals surface area contributed by atoms with Crippen molar-refractivity contribution in [3.05, 3.63) is 74.6 Å². The van der Waals surface area contributed by atoms with Gasteiger partial charge in [0.1, 0.15) is 11.4 Å². The van der Waals surface area contributed by atoms with Crippen molar-refractivity contribution in [2.75, 3.05) is 36.5 Å². The molecular formula is C28H30BrFN6O3. The topological polar surface area (TPSA) is 126 Å². The van der Waals surface area contributed by atoms with Crippen molar-refractivity contribution in [1.29, 1.82) is 0 Å². The molecule has 0 aliphatic carbocycles. The summed E-state index contributed by atoms with van der Waals surface area (Å²) in [4.78, 5) is 37.3. The van der Waals surface area contributed by atoms with Crippen LogP contribution in [0.3, 0.4) is 0 Å². The lowest BCUT2D eigenvalue weighted by molar-refractivity contribution is -0.122. The second kappa shape index (κ2) is 11.6. The van der Waals surface area contributed by atoms with Gasteiger partial charge in [0.25, 0.3) is 11.5 Å². The molecule has 3 heterocycles. The number of piperidine rings is 1. The van der Waals surface area contributed by atoms with Crippen LogP contribution in [0.15, 0.2) is 57.9 Å². The molecule has 0 spiro atoms. The number of carbonyl (C=O) groups is 1. The van der Waals surface area contributed by atoms with Gasteiger partial charge in [0.15, 0.2) is 6.67 Å². The number of carbonyl (C=O) groups excluding carboxylic acids is 1. The first-order valence-electron chi connectivity index (χ1n) is 12.8. The number of amides is 1. The number of nitrogens with one attached hydrogen (secondary N) is 4. The maximum Gasteiger partial charge on any atom is 0.261 e. The maximum atomic E-state index is 12.9. The first-order valence-corrected chi connectivity index (χ1v) is 13.6. The summed E-state index contributed by atoms with van der Waals surface area (Å²) in [5, 5.41) is 16.6. The van der Waals surface area contributed by atoms with Gasteiger partial charge in [0, 0.05) is 42.0 Å². The molecule has 0 unspecified atom stereocenters. The van der Waals surface area contributed by atoms with E-state index in [1.807, 2.05) is 37.3 Å². The summed E-state index contributed by atoms with van der Waals surface area (Å²) < 4.78 is 13.4. The van der Waals surface area contributed by atoms with Crippen LogP contribution in [0.25, 0.3) is 22.4 Å². The van der Waals surface area contributed by atoms with Crippen molar-refractivity contribution in [2.45, 2.75) is 31.9 Å². The fourth-order valence-corrected chi connectivity index (χ4v) is 5.44. The summed E-state index contributed by atoms with van der Waals surface area (Å²) in [5.41, 5.74) is 4.92. The fraction of sp³-hybridized carbons (Fsp3) is 0.321. The zero-order valence-electron chi connectivity index (χ0n) is 21.4. The Kier molecular flexibility index (Phi) is 7.99. The predicted octanol–water partition coefficient (Wildman–Crippen LogP) is 4.19. The summed E-state index contributed by atoms with van der Waals surface area (Å²) in [5.74, 6) is -0.137. The van der Waals surface area contributed by atoms with Gasteiger partial charge in [-0.3, -0.25) is 9.59 Å². The van der Waals surface area contributed by atoms with Crippen LogP contribution in [0.4, 0.5) is 15.8 Å². The molecule has 11 heteroatoms. The van der Waals surface area contributed by atoms with E-state index in [9.17, 15) is 19.1 Å². The third-order valence-electron chi connectivity index (χ3n) is 7.03. The lowest BCUT2D eigenvalue weighted by atomic mass is 10.0. The summed E-state index contributed by atoms with van der Waals surface area (Å²) in [6.45, 7) is 2.66. The monoisotopic (exact) mass is 596 g/mol. The molecule has 0 radical (unpaired) electrons. The molecule has 1 aliphatic rings. The van der Waals surface area contributed by atoms with E-state index in [-0.39, 0.29) is 18.1 Å². The van der Waals surface area contributed by atoms with Crippen LogP contribution in [-0.4, -0.2) is 58.3 Å². The smallest absolute Gasteiger partial charge is 0.261 e. The number of aryl methyl sites for hydroxylation is 1. The Hall–Kier alpha value is -3.70. The van der Waals surface area contributed by atoms with Gasteiger partial charge in [-0.05, 0) is 61.2 Å². The Labute approximate surface area is 233 Å². The third-order valence-corrected chi connectivity index (χ3v) is 7.52. The Bertz CT molecular complexity index is 1550. The molecule has 5 N–H and O–H groups in total. The summed E-state index contributed by atoms with van der Waals surface area (Å²) in [6, 6.07) is 13.3. The number of benzene rings is 2. The average molecular weight is 597 g/mol. The number of rotatable bonds is 8. The zero-order chi connectivity index (χ0) is 27.5. The molecule has 4 aromatic rings. The zero-order valence-corrected chi connectivity index (χ0v) is 23.0. The van der Waals surface area contributed by atoms with E-state index in [1.165, 1.54) is 0 Å². The normalized spacial score (nSPS) is 14.9. The molecule has 1 amide bonds. The molecule has 5 rings (SSSR count). The number of aliphatic hydroxyl groups excluding tert-OH is 1. The summed E-state index contributed by atoms with van der Waals surface area (Å²) in [7, 11) is 0. The second-order valence-corrected chi connectivity index (χ2v) is 10.7. The van der Waals surface area contributed by atoms with E-state index in [2.05, 4.69) is 47.5 Å². The van der Waals surface area contributed by atoms with Gasteiger partial charge in [-0.2, -0.15) is 0 Å². The fourth-order valence-electron chi connectivity index (χ4n) is 5.02. The number of imidazole rings is 1. The van der Waals surface area contributed by atoms with Crippen LogP contribution >= 0.6 is 15.9 Å².